The Bertz CT molecular complexity index is 570. The van der Waals surface area contributed by atoms with Gasteiger partial charge in [-0.1, -0.05) is 0 Å². The van der Waals surface area contributed by atoms with E-state index in [4.69, 9.17) is 5.73 Å². The van der Waals surface area contributed by atoms with Gasteiger partial charge in [-0.05, 0) is 12.1 Å². The molecule has 8 heteroatoms. The van der Waals surface area contributed by atoms with E-state index in [0.29, 0.717) is 10.4 Å². The smallest absolute Gasteiger partial charge is 0.251 e. The highest BCUT2D eigenvalue weighted by Crippen LogP contribution is 2.23. The molecule has 94 valence electrons. The van der Waals surface area contributed by atoms with Crippen LogP contribution in [0.3, 0.4) is 0 Å². The number of primary amides is 1. The zero-order valence-corrected chi connectivity index (χ0v) is 9.88. The summed E-state index contributed by atoms with van der Waals surface area (Å²) in [7, 11) is -2.09. The summed E-state index contributed by atoms with van der Waals surface area (Å²) in [5, 5.41) is 0. The van der Waals surface area contributed by atoms with Crippen LogP contribution in [-0.4, -0.2) is 32.7 Å². The lowest BCUT2D eigenvalue weighted by atomic mass is 10.2. The van der Waals surface area contributed by atoms with Crippen LogP contribution in [0.15, 0.2) is 17.0 Å². The van der Waals surface area contributed by atoms with Crippen molar-refractivity contribution in [3.63, 3.8) is 0 Å². The van der Waals surface area contributed by atoms with Gasteiger partial charge in [0, 0.05) is 14.1 Å². The van der Waals surface area contributed by atoms with Crippen molar-refractivity contribution >= 4 is 15.9 Å². The van der Waals surface area contributed by atoms with E-state index in [0.717, 1.165) is 20.2 Å². The first kappa shape index (κ1) is 13.5. The zero-order valence-electron chi connectivity index (χ0n) is 9.07. The van der Waals surface area contributed by atoms with Gasteiger partial charge >= 0.3 is 0 Å². The Morgan fingerprint density at radius 2 is 1.82 bits per heavy atom. The second-order valence-corrected chi connectivity index (χ2v) is 5.48. The van der Waals surface area contributed by atoms with Gasteiger partial charge in [0.25, 0.3) is 5.91 Å². The molecule has 0 heterocycles. The highest BCUT2D eigenvalue weighted by atomic mass is 32.2. The Kier molecular flexibility index (Phi) is 3.48. The molecule has 0 aliphatic heterocycles. The van der Waals surface area contributed by atoms with E-state index < -0.39 is 38.0 Å². The third-order valence-corrected chi connectivity index (χ3v) is 3.90. The number of benzene rings is 1. The molecule has 2 N–H and O–H groups in total. The van der Waals surface area contributed by atoms with E-state index in [9.17, 15) is 22.0 Å². The molecular weight excluding hydrogens is 254 g/mol. The molecule has 0 aromatic heterocycles. The zero-order chi connectivity index (χ0) is 13.4. The van der Waals surface area contributed by atoms with Crippen molar-refractivity contribution in [2.24, 2.45) is 5.73 Å². The molecule has 17 heavy (non-hydrogen) atoms. The van der Waals surface area contributed by atoms with Gasteiger partial charge in [-0.3, -0.25) is 4.79 Å². The van der Waals surface area contributed by atoms with Crippen molar-refractivity contribution in [2.45, 2.75) is 4.90 Å². The second-order valence-electron chi connectivity index (χ2n) is 3.39. The molecule has 0 atom stereocenters. The van der Waals surface area contributed by atoms with Crippen LogP contribution < -0.4 is 5.73 Å². The minimum absolute atomic E-state index is 0.638. The van der Waals surface area contributed by atoms with Crippen molar-refractivity contribution < 1.29 is 22.0 Å². The molecule has 0 aliphatic rings. The van der Waals surface area contributed by atoms with E-state index in [1.54, 1.807) is 0 Å². The van der Waals surface area contributed by atoms with Gasteiger partial charge < -0.3 is 5.73 Å². The summed E-state index contributed by atoms with van der Waals surface area (Å²) >= 11 is 0. The number of halogens is 2. The van der Waals surface area contributed by atoms with Gasteiger partial charge in [0.1, 0.15) is 5.82 Å². The quantitative estimate of drug-likeness (QED) is 0.853. The maximum Gasteiger partial charge on any atom is 0.251 e. The van der Waals surface area contributed by atoms with Crippen LogP contribution in [0.4, 0.5) is 8.78 Å². The van der Waals surface area contributed by atoms with Crippen molar-refractivity contribution in [3.8, 4) is 0 Å². The average molecular weight is 264 g/mol. The van der Waals surface area contributed by atoms with Crippen molar-refractivity contribution in [1.82, 2.24) is 4.31 Å². The fourth-order valence-electron chi connectivity index (χ4n) is 1.14. The second kappa shape index (κ2) is 4.38. The standard InChI is InChI=1S/C9H10F2N2O3S/c1-13(2)17(15,16)8-6(10)4-3-5(7(8)11)9(12)14/h3-4H,1-2H3,(H2,12,14). The third kappa shape index (κ3) is 2.27. The SMILES string of the molecule is CN(C)S(=O)(=O)c1c(F)ccc(C(N)=O)c1F. The number of nitrogens with zero attached hydrogens (tertiary/aromatic N) is 1. The lowest BCUT2D eigenvalue weighted by molar-refractivity contribution is 0.0995. The Balaban J connectivity index is 3.65. The van der Waals surface area contributed by atoms with E-state index in [-0.39, 0.29) is 0 Å². The fraction of sp³-hybridized carbons (Fsp3) is 0.222. The van der Waals surface area contributed by atoms with Gasteiger partial charge in [0.15, 0.2) is 10.7 Å². The molecule has 1 rings (SSSR count). The van der Waals surface area contributed by atoms with E-state index >= 15 is 0 Å². The monoisotopic (exact) mass is 264 g/mol. The molecule has 0 fully saturated rings. The third-order valence-electron chi connectivity index (χ3n) is 2.05. The Morgan fingerprint density at radius 3 is 2.24 bits per heavy atom. The van der Waals surface area contributed by atoms with Gasteiger partial charge in [-0.25, -0.2) is 21.5 Å². The molecule has 0 spiro atoms. The minimum atomic E-state index is -4.32. The molecule has 0 bridgehead atoms. The highest BCUT2D eigenvalue weighted by molar-refractivity contribution is 7.89. The van der Waals surface area contributed by atoms with Crippen LogP contribution in [0.1, 0.15) is 10.4 Å². The molecule has 0 radical (unpaired) electrons. The van der Waals surface area contributed by atoms with E-state index in [1.165, 1.54) is 0 Å². The normalized spacial score (nSPS) is 11.8. The molecule has 1 amide bonds. The number of rotatable bonds is 3. The largest absolute Gasteiger partial charge is 0.366 e. The summed E-state index contributed by atoms with van der Waals surface area (Å²) < 4.78 is 51.0. The molecule has 0 unspecified atom stereocenters. The predicted octanol–water partition coefficient (Wildman–Crippen LogP) is 0.314. The Hall–Kier alpha value is -1.54. The summed E-state index contributed by atoms with van der Waals surface area (Å²) in [5.41, 5.74) is 4.17. The molecule has 0 saturated heterocycles. The lowest BCUT2D eigenvalue weighted by Gasteiger charge is -2.13. The molecule has 1 aromatic rings. The van der Waals surface area contributed by atoms with E-state index in [1.807, 2.05) is 0 Å². The topological polar surface area (TPSA) is 80.5 Å². The molecular formula is C9H10F2N2O3S. The van der Waals surface area contributed by atoms with Crippen LogP contribution in [0.25, 0.3) is 0 Å². The Morgan fingerprint density at radius 1 is 1.29 bits per heavy atom. The van der Waals surface area contributed by atoms with Crippen molar-refractivity contribution in [2.75, 3.05) is 14.1 Å². The first-order chi connectivity index (χ1) is 7.69. The lowest BCUT2D eigenvalue weighted by Crippen LogP contribution is -2.26. The number of amides is 1. The summed E-state index contributed by atoms with van der Waals surface area (Å²) in [6.45, 7) is 0. The van der Waals surface area contributed by atoms with Gasteiger partial charge in [0.2, 0.25) is 10.0 Å². The van der Waals surface area contributed by atoms with E-state index in [2.05, 4.69) is 0 Å². The number of hydrogen-bond acceptors (Lipinski definition) is 3. The first-order valence-electron chi connectivity index (χ1n) is 4.40. The van der Waals surface area contributed by atoms with Crippen LogP contribution in [0, 0.1) is 11.6 Å². The number of carbonyl (C=O) groups excluding carboxylic acids is 1. The number of nitrogens with two attached hydrogens (primary N) is 1. The summed E-state index contributed by atoms with van der Waals surface area (Å²) in [4.78, 5) is 9.65. The molecule has 0 aliphatic carbocycles. The molecule has 5 nitrogen and oxygen atoms in total. The summed E-state index contributed by atoms with van der Waals surface area (Å²) in [6.07, 6.45) is 0. The molecule has 0 saturated carbocycles. The highest BCUT2D eigenvalue weighted by Gasteiger charge is 2.29. The summed E-state index contributed by atoms with van der Waals surface area (Å²) in [5.74, 6) is -3.93. The maximum absolute atomic E-state index is 13.7. The predicted molar refractivity (Wildman–Crippen MR) is 55.7 cm³/mol. The van der Waals surface area contributed by atoms with Gasteiger partial charge in [-0.2, -0.15) is 0 Å². The number of carbonyl (C=O) groups is 1. The van der Waals surface area contributed by atoms with Crippen LogP contribution >= 0.6 is 0 Å². The van der Waals surface area contributed by atoms with Gasteiger partial charge in [0.05, 0.1) is 5.56 Å². The average Bonchev–Trinajstić information content (AvgIpc) is 2.16. The van der Waals surface area contributed by atoms with Crippen LogP contribution in [-0.2, 0) is 10.0 Å². The van der Waals surface area contributed by atoms with Crippen molar-refractivity contribution in [1.29, 1.82) is 0 Å². The number of hydrogen-bond donors (Lipinski definition) is 1. The van der Waals surface area contributed by atoms with Crippen LogP contribution in [0.5, 0.6) is 0 Å². The Labute approximate surface area is 96.9 Å². The summed E-state index contributed by atoms with van der Waals surface area (Å²) in [6, 6.07) is 1.47. The van der Waals surface area contributed by atoms with Crippen LogP contribution in [0.2, 0.25) is 0 Å². The number of sulfonamides is 1. The first-order valence-corrected chi connectivity index (χ1v) is 5.84. The molecule has 1 aromatic carbocycles. The maximum atomic E-state index is 13.7. The fourth-order valence-corrected chi connectivity index (χ4v) is 2.16. The van der Waals surface area contributed by atoms with Crippen molar-refractivity contribution in [3.05, 3.63) is 29.3 Å². The minimum Gasteiger partial charge on any atom is -0.366 e. The van der Waals surface area contributed by atoms with Gasteiger partial charge in [-0.15, -0.1) is 0 Å².